The average Bonchev–Trinajstić information content (AvgIpc) is 3.27. The number of nitrogens with zero attached hydrogens (tertiary/aromatic N) is 3. The van der Waals surface area contributed by atoms with Crippen LogP contribution in [0.25, 0.3) is 5.69 Å². The molecule has 1 N–H and O–H groups in total. The number of benzene rings is 2. The van der Waals surface area contributed by atoms with E-state index in [1.807, 2.05) is 36.5 Å². The molecular formula is C22H23FN4O3S. The predicted octanol–water partition coefficient (Wildman–Crippen LogP) is 2.73. The van der Waals surface area contributed by atoms with Crippen LogP contribution in [0.5, 0.6) is 0 Å². The van der Waals surface area contributed by atoms with Crippen LogP contribution in [0.3, 0.4) is 0 Å². The van der Waals surface area contributed by atoms with Crippen molar-refractivity contribution in [1.29, 1.82) is 0 Å². The summed E-state index contributed by atoms with van der Waals surface area (Å²) >= 11 is 0. The van der Waals surface area contributed by atoms with Crippen molar-refractivity contribution in [1.82, 2.24) is 19.4 Å². The maximum atomic E-state index is 13.9. The van der Waals surface area contributed by atoms with Crippen LogP contribution >= 0.6 is 0 Å². The van der Waals surface area contributed by atoms with Crippen molar-refractivity contribution in [3.8, 4) is 5.69 Å². The molecule has 0 unspecified atom stereocenters. The van der Waals surface area contributed by atoms with E-state index >= 15 is 0 Å². The summed E-state index contributed by atoms with van der Waals surface area (Å²) in [5, 5.41) is 7.22. The van der Waals surface area contributed by atoms with E-state index in [9.17, 15) is 17.6 Å². The van der Waals surface area contributed by atoms with Crippen LogP contribution in [-0.2, 0) is 21.4 Å². The van der Waals surface area contributed by atoms with Crippen molar-refractivity contribution < 1.29 is 17.6 Å². The number of sulfonamides is 1. The van der Waals surface area contributed by atoms with Gasteiger partial charge in [-0.3, -0.25) is 4.79 Å². The highest BCUT2D eigenvalue weighted by atomic mass is 32.2. The zero-order valence-electron chi connectivity index (χ0n) is 16.8. The van der Waals surface area contributed by atoms with Gasteiger partial charge in [0.25, 0.3) is 0 Å². The third-order valence-electron chi connectivity index (χ3n) is 5.40. The number of piperidine rings is 1. The van der Waals surface area contributed by atoms with Gasteiger partial charge in [0.05, 0.1) is 11.9 Å². The largest absolute Gasteiger partial charge is 0.352 e. The third kappa shape index (κ3) is 4.67. The van der Waals surface area contributed by atoms with Crippen LogP contribution in [0.1, 0.15) is 18.4 Å². The highest BCUT2D eigenvalue weighted by Gasteiger charge is 2.33. The summed E-state index contributed by atoms with van der Waals surface area (Å²) in [6.07, 6.45) is 4.35. The number of carbonyl (C=O) groups excluding carboxylic acids is 1. The molecule has 2 heterocycles. The van der Waals surface area contributed by atoms with Crippen molar-refractivity contribution in [2.45, 2.75) is 24.3 Å². The molecule has 1 fully saturated rings. The Morgan fingerprint density at radius 1 is 1.06 bits per heavy atom. The molecule has 1 saturated heterocycles. The number of halogens is 1. The molecule has 4 rings (SSSR count). The van der Waals surface area contributed by atoms with Gasteiger partial charge in [-0.15, -0.1) is 0 Å². The molecule has 31 heavy (non-hydrogen) atoms. The molecule has 0 saturated carbocycles. The van der Waals surface area contributed by atoms with Crippen molar-refractivity contribution in [2.75, 3.05) is 13.1 Å². The number of aromatic nitrogens is 2. The number of rotatable bonds is 6. The highest BCUT2D eigenvalue weighted by Crippen LogP contribution is 2.25. The third-order valence-corrected chi connectivity index (χ3v) is 7.33. The number of hydrogen-bond acceptors (Lipinski definition) is 4. The molecule has 0 aliphatic carbocycles. The first-order valence-electron chi connectivity index (χ1n) is 10.1. The summed E-state index contributed by atoms with van der Waals surface area (Å²) in [5.74, 6) is -1.16. The van der Waals surface area contributed by atoms with Gasteiger partial charge in [-0.2, -0.15) is 9.40 Å². The minimum absolute atomic E-state index is 0.115. The van der Waals surface area contributed by atoms with Crippen molar-refractivity contribution >= 4 is 15.9 Å². The number of carbonyl (C=O) groups is 1. The Balaban J connectivity index is 1.31. The molecule has 3 aromatic rings. The first-order valence-corrected chi connectivity index (χ1v) is 11.5. The van der Waals surface area contributed by atoms with Gasteiger partial charge in [-0.05, 0) is 37.1 Å². The summed E-state index contributed by atoms with van der Waals surface area (Å²) in [7, 11) is -3.91. The van der Waals surface area contributed by atoms with Gasteiger partial charge < -0.3 is 5.32 Å². The molecule has 9 heteroatoms. The smallest absolute Gasteiger partial charge is 0.245 e. The average molecular weight is 443 g/mol. The Morgan fingerprint density at radius 2 is 1.74 bits per heavy atom. The lowest BCUT2D eigenvalue weighted by atomic mass is 9.97. The predicted molar refractivity (Wildman–Crippen MR) is 113 cm³/mol. The number of nitrogens with one attached hydrogen (secondary N) is 1. The summed E-state index contributed by atoms with van der Waals surface area (Å²) in [6, 6.07) is 15.0. The van der Waals surface area contributed by atoms with E-state index < -0.39 is 15.8 Å². The standard InChI is InChI=1S/C22H23FN4O3S/c23-20-8-4-5-9-21(20)31(29,30)26-12-10-18(11-13-26)22(28)24-14-17-15-25-27(16-17)19-6-2-1-3-7-19/h1-9,15-16,18H,10-14H2,(H,24,28). The molecule has 0 spiro atoms. The van der Waals surface area contributed by atoms with Gasteiger partial charge in [0.1, 0.15) is 10.7 Å². The number of para-hydroxylation sites is 1. The number of hydrogen-bond donors (Lipinski definition) is 1. The Bertz CT molecular complexity index is 1160. The molecule has 7 nitrogen and oxygen atoms in total. The normalized spacial score (nSPS) is 15.6. The topological polar surface area (TPSA) is 84.3 Å². The molecule has 0 atom stereocenters. The second-order valence-electron chi connectivity index (χ2n) is 7.46. The lowest BCUT2D eigenvalue weighted by molar-refractivity contribution is -0.126. The molecule has 1 amide bonds. The summed E-state index contributed by atoms with van der Waals surface area (Å²) in [6.45, 7) is 0.709. The van der Waals surface area contributed by atoms with Crippen LogP contribution in [0.15, 0.2) is 71.9 Å². The van der Waals surface area contributed by atoms with Crippen molar-refractivity contribution in [3.63, 3.8) is 0 Å². The van der Waals surface area contributed by atoms with Gasteiger partial charge in [0, 0.05) is 37.3 Å². The Hall–Kier alpha value is -3.04. The van der Waals surface area contributed by atoms with E-state index in [-0.39, 0.29) is 29.8 Å². The number of amides is 1. The Kier molecular flexibility index (Phi) is 6.15. The molecule has 0 bridgehead atoms. The zero-order valence-corrected chi connectivity index (χ0v) is 17.6. The van der Waals surface area contributed by atoms with Crippen LogP contribution in [0.4, 0.5) is 4.39 Å². The maximum Gasteiger partial charge on any atom is 0.245 e. The van der Waals surface area contributed by atoms with Crippen molar-refractivity contribution in [2.24, 2.45) is 5.92 Å². The summed E-state index contributed by atoms with van der Waals surface area (Å²) < 4.78 is 42.3. The fourth-order valence-corrected chi connectivity index (χ4v) is 5.19. The Labute approximate surface area is 180 Å². The second-order valence-corrected chi connectivity index (χ2v) is 9.36. The molecule has 1 aromatic heterocycles. The van der Waals surface area contributed by atoms with Gasteiger partial charge in [0.15, 0.2) is 0 Å². The molecule has 162 valence electrons. The molecule has 2 aromatic carbocycles. The first-order chi connectivity index (χ1) is 14.9. The van der Waals surface area contributed by atoms with E-state index in [0.717, 1.165) is 17.3 Å². The fourth-order valence-electron chi connectivity index (χ4n) is 3.66. The minimum Gasteiger partial charge on any atom is -0.352 e. The van der Waals surface area contributed by atoms with Gasteiger partial charge in [-0.1, -0.05) is 30.3 Å². The summed E-state index contributed by atoms with van der Waals surface area (Å²) in [5.41, 5.74) is 1.81. The van der Waals surface area contributed by atoms with Crippen LogP contribution < -0.4 is 5.32 Å². The van der Waals surface area contributed by atoms with Crippen LogP contribution in [0, 0.1) is 11.7 Å². The maximum absolute atomic E-state index is 13.9. The van der Waals surface area contributed by atoms with Gasteiger partial charge in [0.2, 0.25) is 15.9 Å². The highest BCUT2D eigenvalue weighted by molar-refractivity contribution is 7.89. The van der Waals surface area contributed by atoms with Crippen molar-refractivity contribution in [3.05, 3.63) is 78.4 Å². The Morgan fingerprint density at radius 3 is 2.45 bits per heavy atom. The molecule has 1 aliphatic heterocycles. The van der Waals surface area contributed by atoms with E-state index in [4.69, 9.17) is 0 Å². The van der Waals surface area contributed by atoms with Gasteiger partial charge in [-0.25, -0.2) is 17.5 Å². The van der Waals surface area contributed by atoms with E-state index in [1.54, 1.807) is 10.9 Å². The second kappa shape index (κ2) is 8.99. The van der Waals surface area contributed by atoms with Gasteiger partial charge >= 0.3 is 0 Å². The summed E-state index contributed by atoms with van der Waals surface area (Å²) in [4.78, 5) is 12.2. The minimum atomic E-state index is -3.91. The molecule has 0 radical (unpaired) electrons. The van der Waals surface area contributed by atoms with E-state index in [0.29, 0.717) is 19.4 Å². The van der Waals surface area contributed by atoms with E-state index in [1.165, 1.54) is 22.5 Å². The zero-order chi connectivity index (χ0) is 21.8. The molecule has 1 aliphatic rings. The van der Waals surface area contributed by atoms with Crippen LogP contribution in [0.2, 0.25) is 0 Å². The van der Waals surface area contributed by atoms with E-state index in [2.05, 4.69) is 10.4 Å². The SMILES string of the molecule is O=C(NCc1cnn(-c2ccccc2)c1)C1CCN(S(=O)(=O)c2ccccc2F)CC1. The molecular weight excluding hydrogens is 419 g/mol. The first kappa shape index (κ1) is 21.2. The fraction of sp³-hybridized carbons (Fsp3) is 0.273. The quantitative estimate of drug-likeness (QED) is 0.636. The van der Waals surface area contributed by atoms with Crippen LogP contribution in [-0.4, -0.2) is 41.5 Å². The lowest BCUT2D eigenvalue weighted by Crippen LogP contribution is -2.43. The monoisotopic (exact) mass is 442 g/mol. The lowest BCUT2D eigenvalue weighted by Gasteiger charge is -2.30.